The highest BCUT2D eigenvalue weighted by atomic mass is 32.2. The van der Waals surface area contributed by atoms with E-state index in [1.54, 1.807) is 30.5 Å². The first kappa shape index (κ1) is 22.8. The van der Waals surface area contributed by atoms with Crippen LogP contribution in [0.3, 0.4) is 0 Å². The first-order chi connectivity index (χ1) is 13.7. The number of aliphatic hydroxyl groups excluding tert-OH is 1. The lowest BCUT2D eigenvalue weighted by molar-refractivity contribution is -0.137. The summed E-state index contributed by atoms with van der Waals surface area (Å²) in [6.45, 7) is -0.212. The lowest BCUT2D eigenvalue weighted by Crippen LogP contribution is -2.32. The van der Waals surface area contributed by atoms with E-state index in [9.17, 15) is 27.9 Å². The van der Waals surface area contributed by atoms with Gasteiger partial charge in [0.1, 0.15) is 18.5 Å². The fourth-order valence-electron chi connectivity index (χ4n) is 2.56. The number of alkyl halides is 3. The number of rotatable bonds is 9. The van der Waals surface area contributed by atoms with Crippen LogP contribution in [0.25, 0.3) is 0 Å². The van der Waals surface area contributed by atoms with Crippen molar-refractivity contribution in [2.45, 2.75) is 24.0 Å². The van der Waals surface area contributed by atoms with Gasteiger partial charge in [-0.3, -0.25) is 14.9 Å². The van der Waals surface area contributed by atoms with Crippen molar-refractivity contribution < 1.29 is 32.6 Å². The molecule has 0 heterocycles. The zero-order valence-corrected chi connectivity index (χ0v) is 16.3. The quantitative estimate of drug-likeness (QED) is 0.601. The largest absolute Gasteiger partial charge is 0.491 e. The van der Waals surface area contributed by atoms with Crippen LogP contribution in [0.1, 0.15) is 22.8 Å². The maximum absolute atomic E-state index is 12.8. The molecule has 0 fully saturated rings. The molecule has 2 amide bonds. The van der Waals surface area contributed by atoms with Gasteiger partial charge in [-0.2, -0.15) is 24.9 Å². The maximum atomic E-state index is 12.8. The van der Waals surface area contributed by atoms with Gasteiger partial charge in [0.15, 0.2) is 0 Å². The molecule has 0 saturated carbocycles. The van der Waals surface area contributed by atoms with Gasteiger partial charge in [-0.05, 0) is 48.1 Å². The molecule has 2 atom stereocenters. The number of imide groups is 1. The second-order valence-corrected chi connectivity index (χ2v) is 7.19. The van der Waals surface area contributed by atoms with Crippen LogP contribution in [-0.2, 0) is 22.2 Å². The van der Waals surface area contributed by atoms with Crippen molar-refractivity contribution in [2.24, 2.45) is 0 Å². The van der Waals surface area contributed by atoms with Gasteiger partial charge in [-0.1, -0.05) is 24.3 Å². The van der Waals surface area contributed by atoms with Crippen molar-refractivity contribution >= 4 is 24.1 Å². The normalized spacial score (nSPS) is 13.4. The van der Waals surface area contributed by atoms with Crippen LogP contribution < -0.4 is 10.1 Å². The molecule has 5 nitrogen and oxygen atoms in total. The highest BCUT2D eigenvalue weighted by Crippen LogP contribution is 2.31. The molecular formula is C20H20F3NO4S. The van der Waals surface area contributed by atoms with Crippen LogP contribution in [0.5, 0.6) is 5.75 Å². The summed E-state index contributed by atoms with van der Waals surface area (Å²) in [6, 6.07) is 11.2. The van der Waals surface area contributed by atoms with Crippen molar-refractivity contribution in [3.05, 3.63) is 65.2 Å². The SMILES string of the molecule is CSC(Cc1ccc(OCC(O)c2cccc(C(F)(F)F)c2)cc1)C(=O)NC=O. The molecule has 2 aromatic carbocycles. The average Bonchev–Trinajstić information content (AvgIpc) is 2.70. The van der Waals surface area contributed by atoms with Gasteiger partial charge < -0.3 is 9.84 Å². The third-order valence-corrected chi connectivity index (χ3v) is 5.08. The molecule has 29 heavy (non-hydrogen) atoms. The van der Waals surface area contributed by atoms with Crippen molar-refractivity contribution in [1.29, 1.82) is 0 Å². The van der Waals surface area contributed by atoms with Crippen molar-refractivity contribution in [1.82, 2.24) is 5.32 Å². The van der Waals surface area contributed by atoms with Crippen LogP contribution in [0.2, 0.25) is 0 Å². The lowest BCUT2D eigenvalue weighted by atomic mass is 10.1. The smallest absolute Gasteiger partial charge is 0.416 e. The van der Waals surface area contributed by atoms with E-state index in [2.05, 4.69) is 5.32 Å². The first-order valence-corrected chi connectivity index (χ1v) is 9.87. The molecule has 0 aliphatic rings. The molecule has 2 rings (SSSR count). The minimum Gasteiger partial charge on any atom is -0.491 e. The number of nitrogens with one attached hydrogen (secondary N) is 1. The van der Waals surface area contributed by atoms with E-state index in [0.717, 1.165) is 17.7 Å². The van der Waals surface area contributed by atoms with Crippen molar-refractivity contribution in [3.8, 4) is 5.75 Å². The minimum absolute atomic E-state index is 0.112. The van der Waals surface area contributed by atoms with E-state index in [1.165, 1.54) is 23.9 Å². The second kappa shape index (κ2) is 10.3. The highest BCUT2D eigenvalue weighted by molar-refractivity contribution is 7.99. The van der Waals surface area contributed by atoms with E-state index >= 15 is 0 Å². The number of carbonyl (C=O) groups excluding carboxylic acids is 2. The van der Waals surface area contributed by atoms with Gasteiger partial charge in [0.2, 0.25) is 12.3 Å². The zero-order valence-electron chi connectivity index (χ0n) is 15.5. The van der Waals surface area contributed by atoms with E-state index in [1.807, 2.05) is 0 Å². The molecule has 2 aromatic rings. The van der Waals surface area contributed by atoms with Crippen LogP contribution in [0.4, 0.5) is 13.2 Å². The fraction of sp³-hybridized carbons (Fsp3) is 0.300. The molecule has 156 valence electrons. The number of benzene rings is 2. The molecule has 0 bridgehead atoms. The summed E-state index contributed by atoms with van der Waals surface area (Å²) in [4.78, 5) is 22.2. The summed E-state index contributed by atoms with van der Waals surface area (Å²) < 4.78 is 43.8. The maximum Gasteiger partial charge on any atom is 0.416 e. The van der Waals surface area contributed by atoms with Gasteiger partial charge in [0.25, 0.3) is 0 Å². The average molecular weight is 427 g/mol. The molecule has 0 aliphatic heterocycles. The van der Waals surface area contributed by atoms with Gasteiger partial charge in [-0.15, -0.1) is 0 Å². The summed E-state index contributed by atoms with van der Waals surface area (Å²) in [7, 11) is 0. The minimum atomic E-state index is -4.48. The van der Waals surface area contributed by atoms with Gasteiger partial charge in [0, 0.05) is 0 Å². The van der Waals surface area contributed by atoms with E-state index in [4.69, 9.17) is 4.74 Å². The van der Waals surface area contributed by atoms with Gasteiger partial charge in [-0.25, -0.2) is 0 Å². The molecule has 0 aliphatic carbocycles. The van der Waals surface area contributed by atoms with E-state index < -0.39 is 23.1 Å². The predicted octanol–water partition coefficient (Wildman–Crippen LogP) is 3.36. The van der Waals surface area contributed by atoms with Gasteiger partial charge >= 0.3 is 6.18 Å². The number of ether oxygens (including phenoxy) is 1. The number of hydrogen-bond donors (Lipinski definition) is 2. The Hall–Kier alpha value is -2.52. The number of aliphatic hydroxyl groups is 1. The highest BCUT2D eigenvalue weighted by Gasteiger charge is 2.30. The number of amides is 2. The van der Waals surface area contributed by atoms with Crippen LogP contribution in [0.15, 0.2) is 48.5 Å². The van der Waals surface area contributed by atoms with E-state index in [0.29, 0.717) is 18.6 Å². The van der Waals surface area contributed by atoms with Crippen molar-refractivity contribution in [3.63, 3.8) is 0 Å². The zero-order chi connectivity index (χ0) is 21.4. The standard InChI is InChI=1S/C20H20F3NO4S/c1-29-18(19(27)24-12-25)9-13-5-7-16(8-6-13)28-11-17(26)14-3-2-4-15(10-14)20(21,22)23/h2-8,10,12,17-18,26H,9,11H2,1H3,(H,24,25,27). The molecule has 2 unspecified atom stereocenters. The fourth-order valence-corrected chi connectivity index (χ4v) is 3.20. The summed E-state index contributed by atoms with van der Waals surface area (Å²) in [5, 5.41) is 11.8. The third-order valence-electron chi connectivity index (χ3n) is 4.13. The Labute approximate surface area is 170 Å². The molecule has 0 radical (unpaired) electrons. The molecule has 2 N–H and O–H groups in total. The Morgan fingerprint density at radius 1 is 1.24 bits per heavy atom. The Kier molecular flexibility index (Phi) is 8.10. The Morgan fingerprint density at radius 2 is 1.93 bits per heavy atom. The summed E-state index contributed by atoms with van der Waals surface area (Å²) in [6.07, 6.45) is -3.18. The number of hydrogen-bond acceptors (Lipinski definition) is 5. The second-order valence-electron chi connectivity index (χ2n) is 6.15. The van der Waals surface area contributed by atoms with Crippen LogP contribution >= 0.6 is 11.8 Å². The van der Waals surface area contributed by atoms with Crippen LogP contribution in [0, 0.1) is 0 Å². The van der Waals surface area contributed by atoms with Crippen LogP contribution in [-0.4, -0.2) is 35.5 Å². The number of thioether (sulfide) groups is 1. The monoisotopic (exact) mass is 427 g/mol. The number of carbonyl (C=O) groups is 2. The predicted molar refractivity (Wildman–Crippen MR) is 104 cm³/mol. The summed E-state index contributed by atoms with van der Waals surface area (Å²) >= 11 is 1.32. The third kappa shape index (κ3) is 6.79. The van der Waals surface area contributed by atoms with E-state index in [-0.39, 0.29) is 18.1 Å². The molecule has 0 spiro atoms. The first-order valence-electron chi connectivity index (χ1n) is 8.58. The summed E-state index contributed by atoms with van der Waals surface area (Å²) in [5.41, 5.74) is 0.122. The van der Waals surface area contributed by atoms with Crippen molar-refractivity contribution in [2.75, 3.05) is 12.9 Å². The van der Waals surface area contributed by atoms with Gasteiger partial charge in [0.05, 0.1) is 10.8 Å². The molecule has 0 saturated heterocycles. The Morgan fingerprint density at radius 3 is 2.52 bits per heavy atom. The summed E-state index contributed by atoms with van der Waals surface area (Å²) in [5.74, 6) is 0.0508. The molecule has 9 heteroatoms. The Bertz CT molecular complexity index is 827. The number of halogens is 3. The lowest BCUT2D eigenvalue weighted by Gasteiger charge is -2.15. The molecule has 0 aromatic heterocycles. The molecular weight excluding hydrogens is 407 g/mol. The topological polar surface area (TPSA) is 75.6 Å². The Balaban J connectivity index is 1.95.